The number of hydrogen-bond acceptors (Lipinski definition) is 4. The van der Waals surface area contributed by atoms with Crippen molar-refractivity contribution in [3.63, 3.8) is 0 Å². The Balaban J connectivity index is 0.944. The maximum Gasteiger partial charge on any atom is 0.318 e. The Labute approximate surface area is 248 Å². The summed E-state index contributed by atoms with van der Waals surface area (Å²) >= 11 is 0. The molecule has 2 heterocycles. The quantitative estimate of drug-likeness (QED) is 0.325. The van der Waals surface area contributed by atoms with Crippen molar-refractivity contribution in [2.45, 2.75) is 69.4 Å². The standard InChI is InChI=1S/C36H41N3O3/c40-34-31-24-28(17-16-26(31)25-39(34)27-10-2-1-3-11-27)38-22-20-37(21-23-38)19-9-8-18-36(35(41)42)32-14-6-4-12-29(32)30-13-5-7-15-33(30)36/h4-7,12-17,24,27H,1-3,8-11,18-23,25H2,(H,41,42). The highest BCUT2D eigenvalue weighted by Gasteiger charge is 2.48. The Kier molecular flexibility index (Phi) is 7.27. The number of hydrogen-bond donors (Lipinski definition) is 1. The molecule has 6 heteroatoms. The number of benzene rings is 3. The molecule has 0 atom stereocenters. The number of amides is 1. The van der Waals surface area contributed by atoms with Gasteiger partial charge in [0, 0.05) is 50.0 Å². The Morgan fingerprint density at radius 2 is 1.48 bits per heavy atom. The third-order valence-corrected chi connectivity index (χ3v) is 10.4. The number of carbonyl (C=O) groups is 2. The van der Waals surface area contributed by atoms with Crippen LogP contribution in [0, 0.1) is 0 Å². The van der Waals surface area contributed by atoms with E-state index in [-0.39, 0.29) is 5.91 Å². The highest BCUT2D eigenvalue weighted by atomic mass is 16.4. The zero-order valence-electron chi connectivity index (χ0n) is 24.4. The fourth-order valence-electron chi connectivity index (χ4n) is 8.08. The van der Waals surface area contributed by atoms with Gasteiger partial charge in [-0.1, -0.05) is 80.3 Å². The van der Waals surface area contributed by atoms with Gasteiger partial charge in [0.2, 0.25) is 0 Å². The molecule has 42 heavy (non-hydrogen) atoms. The first kappa shape index (κ1) is 27.2. The minimum atomic E-state index is -0.969. The largest absolute Gasteiger partial charge is 0.480 e. The molecule has 0 aromatic heterocycles. The highest BCUT2D eigenvalue weighted by Crippen LogP contribution is 2.51. The second-order valence-electron chi connectivity index (χ2n) is 12.7. The molecule has 1 saturated heterocycles. The third-order valence-electron chi connectivity index (χ3n) is 10.4. The van der Waals surface area contributed by atoms with E-state index in [2.05, 4.69) is 45.0 Å². The number of carbonyl (C=O) groups excluding carboxylic acids is 1. The predicted molar refractivity (Wildman–Crippen MR) is 166 cm³/mol. The molecule has 1 saturated carbocycles. The number of fused-ring (bicyclic) bond motifs is 4. The van der Waals surface area contributed by atoms with Crippen LogP contribution in [0.1, 0.15) is 78.4 Å². The fraction of sp³-hybridized carbons (Fsp3) is 0.444. The topological polar surface area (TPSA) is 64.1 Å². The van der Waals surface area contributed by atoms with Gasteiger partial charge in [0.05, 0.1) is 0 Å². The summed E-state index contributed by atoms with van der Waals surface area (Å²) < 4.78 is 0. The summed E-state index contributed by atoms with van der Waals surface area (Å²) in [6.07, 6.45) is 8.51. The fourth-order valence-corrected chi connectivity index (χ4v) is 8.08. The molecule has 0 bridgehead atoms. The van der Waals surface area contributed by atoms with Crippen LogP contribution in [0.3, 0.4) is 0 Å². The van der Waals surface area contributed by atoms with Crippen LogP contribution in [0.5, 0.6) is 0 Å². The first-order valence-corrected chi connectivity index (χ1v) is 15.9. The summed E-state index contributed by atoms with van der Waals surface area (Å²) in [5.74, 6) is -0.521. The van der Waals surface area contributed by atoms with Gasteiger partial charge in [0.25, 0.3) is 5.91 Å². The van der Waals surface area contributed by atoms with E-state index in [0.717, 1.165) is 98.5 Å². The lowest BCUT2D eigenvalue weighted by Gasteiger charge is -2.36. The van der Waals surface area contributed by atoms with Crippen LogP contribution in [0.4, 0.5) is 5.69 Å². The molecule has 6 nitrogen and oxygen atoms in total. The number of carboxylic acids is 1. The normalized spacial score (nSPS) is 20.0. The molecular formula is C36H41N3O3. The molecule has 2 fully saturated rings. The molecular weight excluding hydrogens is 522 g/mol. The number of carboxylic acid groups (broad SMARTS) is 1. The maximum atomic E-state index is 13.3. The van der Waals surface area contributed by atoms with Gasteiger partial charge in [-0.3, -0.25) is 14.5 Å². The van der Waals surface area contributed by atoms with Crippen LogP contribution in [-0.4, -0.2) is 65.5 Å². The Morgan fingerprint density at radius 3 is 2.14 bits per heavy atom. The summed E-state index contributed by atoms with van der Waals surface area (Å²) in [4.78, 5) is 33.2. The molecule has 218 valence electrons. The van der Waals surface area contributed by atoms with Crippen molar-refractivity contribution in [2.75, 3.05) is 37.6 Å². The smallest absolute Gasteiger partial charge is 0.318 e. The molecule has 1 N–H and O–H groups in total. The first-order chi connectivity index (χ1) is 20.6. The Morgan fingerprint density at radius 1 is 0.810 bits per heavy atom. The highest BCUT2D eigenvalue weighted by molar-refractivity contribution is 5.99. The van der Waals surface area contributed by atoms with Crippen molar-refractivity contribution in [1.82, 2.24) is 9.80 Å². The molecule has 0 radical (unpaired) electrons. The first-order valence-electron chi connectivity index (χ1n) is 15.9. The van der Waals surface area contributed by atoms with Gasteiger partial charge in [-0.2, -0.15) is 0 Å². The minimum Gasteiger partial charge on any atom is -0.480 e. The molecule has 3 aromatic carbocycles. The number of nitrogens with zero attached hydrogens (tertiary/aromatic N) is 3. The van der Waals surface area contributed by atoms with Crippen molar-refractivity contribution in [1.29, 1.82) is 0 Å². The summed E-state index contributed by atoms with van der Waals surface area (Å²) in [5.41, 5.74) is 6.26. The second kappa shape index (κ2) is 11.2. The monoisotopic (exact) mass is 563 g/mol. The molecule has 0 unspecified atom stereocenters. The molecule has 7 rings (SSSR count). The van der Waals surface area contributed by atoms with E-state index in [1.54, 1.807) is 0 Å². The molecule has 2 aliphatic heterocycles. The summed E-state index contributed by atoms with van der Waals surface area (Å²) in [6, 6.07) is 23.0. The van der Waals surface area contributed by atoms with E-state index in [1.807, 2.05) is 36.4 Å². The number of piperazine rings is 1. The van der Waals surface area contributed by atoms with Gasteiger partial charge in [0.1, 0.15) is 5.41 Å². The van der Waals surface area contributed by atoms with Crippen LogP contribution < -0.4 is 4.90 Å². The van der Waals surface area contributed by atoms with Gasteiger partial charge in [-0.25, -0.2) is 0 Å². The molecule has 2 aliphatic carbocycles. The van der Waals surface area contributed by atoms with Gasteiger partial charge in [-0.05, 0) is 72.2 Å². The van der Waals surface area contributed by atoms with Crippen molar-refractivity contribution in [3.8, 4) is 11.1 Å². The van der Waals surface area contributed by atoms with Gasteiger partial charge in [-0.15, -0.1) is 0 Å². The zero-order chi connectivity index (χ0) is 28.7. The van der Waals surface area contributed by atoms with E-state index >= 15 is 0 Å². The van der Waals surface area contributed by atoms with Gasteiger partial charge in [0.15, 0.2) is 0 Å². The van der Waals surface area contributed by atoms with E-state index in [9.17, 15) is 14.7 Å². The average Bonchev–Trinajstić information content (AvgIpc) is 3.52. The van der Waals surface area contributed by atoms with E-state index < -0.39 is 11.4 Å². The average molecular weight is 564 g/mol. The van der Waals surface area contributed by atoms with Crippen molar-refractivity contribution >= 4 is 17.6 Å². The molecule has 4 aliphatic rings. The van der Waals surface area contributed by atoms with E-state index in [0.29, 0.717) is 12.5 Å². The van der Waals surface area contributed by atoms with Crippen molar-refractivity contribution in [3.05, 3.63) is 89.0 Å². The Bertz CT molecular complexity index is 1440. The van der Waals surface area contributed by atoms with Crippen LogP contribution in [0.15, 0.2) is 66.7 Å². The lowest BCUT2D eigenvalue weighted by molar-refractivity contribution is -0.142. The SMILES string of the molecule is O=C1c2cc(N3CCN(CCCCC4(C(=O)O)c5ccccc5-c5ccccc54)CC3)ccc2CN1C1CCCCC1. The van der Waals surface area contributed by atoms with Crippen molar-refractivity contribution in [2.24, 2.45) is 0 Å². The van der Waals surface area contributed by atoms with E-state index in [1.165, 1.54) is 24.8 Å². The maximum absolute atomic E-state index is 13.3. The third kappa shape index (κ3) is 4.60. The Hall–Kier alpha value is -3.64. The summed E-state index contributed by atoms with van der Waals surface area (Å²) in [7, 11) is 0. The summed E-state index contributed by atoms with van der Waals surface area (Å²) in [5, 5.41) is 10.6. The van der Waals surface area contributed by atoms with Crippen LogP contribution >= 0.6 is 0 Å². The van der Waals surface area contributed by atoms with Crippen molar-refractivity contribution < 1.29 is 14.7 Å². The van der Waals surface area contributed by atoms with Gasteiger partial charge >= 0.3 is 5.97 Å². The molecule has 0 spiro atoms. The predicted octanol–water partition coefficient (Wildman–Crippen LogP) is 6.32. The lowest BCUT2D eigenvalue weighted by atomic mass is 9.74. The summed E-state index contributed by atoms with van der Waals surface area (Å²) in [6.45, 7) is 5.60. The lowest BCUT2D eigenvalue weighted by Crippen LogP contribution is -2.46. The van der Waals surface area contributed by atoms with Crippen LogP contribution in [-0.2, 0) is 16.8 Å². The zero-order valence-corrected chi connectivity index (χ0v) is 24.4. The van der Waals surface area contributed by atoms with Crippen LogP contribution in [0.25, 0.3) is 11.1 Å². The second-order valence-corrected chi connectivity index (χ2v) is 12.7. The number of anilines is 1. The number of rotatable bonds is 8. The van der Waals surface area contributed by atoms with Crippen LogP contribution in [0.2, 0.25) is 0 Å². The molecule has 1 amide bonds. The van der Waals surface area contributed by atoms with E-state index in [4.69, 9.17) is 0 Å². The minimum absolute atomic E-state index is 0.226. The number of aliphatic carboxylic acids is 1. The van der Waals surface area contributed by atoms with Gasteiger partial charge < -0.3 is 14.9 Å². The molecule has 3 aromatic rings. The number of unbranched alkanes of at least 4 members (excludes halogenated alkanes) is 1.